The molecule has 1 saturated carbocycles. The molecule has 0 heterocycles. The molecule has 1 aliphatic rings. The molecule has 0 saturated heterocycles. The fourth-order valence-electron chi connectivity index (χ4n) is 3.25. The minimum absolute atomic E-state index is 0.101. The maximum Gasteiger partial charge on any atom is 0.243 e. The molecule has 1 aliphatic carbocycles. The molecule has 28 heavy (non-hydrogen) atoms. The van der Waals surface area contributed by atoms with Crippen molar-refractivity contribution < 1.29 is 9.59 Å². The van der Waals surface area contributed by atoms with Gasteiger partial charge in [-0.2, -0.15) is 0 Å². The first kappa shape index (κ1) is 20.1. The van der Waals surface area contributed by atoms with Crippen LogP contribution in [0.25, 0.3) is 0 Å². The Kier molecular flexibility index (Phi) is 6.82. The van der Waals surface area contributed by atoms with Crippen molar-refractivity contribution in [2.24, 2.45) is 0 Å². The molecule has 148 valence electrons. The van der Waals surface area contributed by atoms with Crippen LogP contribution >= 0.6 is 0 Å². The molecule has 2 amide bonds. The van der Waals surface area contributed by atoms with Crippen molar-refractivity contribution in [2.45, 2.75) is 37.3 Å². The van der Waals surface area contributed by atoms with Crippen molar-refractivity contribution in [1.29, 1.82) is 0 Å². The summed E-state index contributed by atoms with van der Waals surface area (Å²) in [5.41, 5.74) is 1.98. The molecule has 2 N–H and O–H groups in total. The zero-order valence-corrected chi connectivity index (χ0v) is 16.6. The number of nitrogens with zero attached hydrogens (tertiary/aromatic N) is 1. The van der Waals surface area contributed by atoms with Crippen LogP contribution in [0.15, 0.2) is 60.7 Å². The number of nitrogens with one attached hydrogen (secondary N) is 2. The third kappa shape index (κ3) is 5.92. The van der Waals surface area contributed by atoms with Gasteiger partial charge in [0, 0.05) is 19.0 Å². The van der Waals surface area contributed by atoms with Gasteiger partial charge in [-0.05, 0) is 38.1 Å². The summed E-state index contributed by atoms with van der Waals surface area (Å²) in [5, 5.41) is 6.06. The van der Waals surface area contributed by atoms with Crippen LogP contribution in [0.1, 0.15) is 29.9 Å². The van der Waals surface area contributed by atoms with Gasteiger partial charge in [0.05, 0.1) is 5.92 Å². The molecule has 5 nitrogen and oxygen atoms in total. The molecule has 2 aromatic rings. The van der Waals surface area contributed by atoms with Crippen molar-refractivity contribution in [1.82, 2.24) is 15.5 Å². The second-order valence-corrected chi connectivity index (χ2v) is 7.76. The van der Waals surface area contributed by atoms with E-state index in [0.717, 1.165) is 24.0 Å². The van der Waals surface area contributed by atoms with Crippen molar-refractivity contribution in [2.75, 3.05) is 20.6 Å². The number of rotatable bonds is 9. The fourth-order valence-corrected chi connectivity index (χ4v) is 3.25. The number of amides is 2. The first-order chi connectivity index (χ1) is 13.5. The fraction of sp³-hybridized carbons (Fsp3) is 0.391. The van der Waals surface area contributed by atoms with E-state index >= 15 is 0 Å². The third-order valence-electron chi connectivity index (χ3n) is 4.91. The lowest BCUT2D eigenvalue weighted by Crippen LogP contribution is -2.50. The summed E-state index contributed by atoms with van der Waals surface area (Å²) in [6, 6.07) is 19.2. The maximum atomic E-state index is 13.2. The van der Waals surface area contributed by atoms with E-state index in [1.807, 2.05) is 79.7 Å². The lowest BCUT2D eigenvalue weighted by molar-refractivity contribution is -0.130. The van der Waals surface area contributed by atoms with Gasteiger partial charge < -0.3 is 15.5 Å². The molecule has 2 unspecified atom stereocenters. The molecule has 5 heteroatoms. The summed E-state index contributed by atoms with van der Waals surface area (Å²) in [5.74, 6) is -0.550. The molecule has 0 aromatic heterocycles. The summed E-state index contributed by atoms with van der Waals surface area (Å²) >= 11 is 0. The van der Waals surface area contributed by atoms with E-state index in [-0.39, 0.29) is 23.8 Å². The van der Waals surface area contributed by atoms with E-state index in [1.54, 1.807) is 0 Å². The van der Waals surface area contributed by atoms with Crippen molar-refractivity contribution in [3.63, 3.8) is 0 Å². The SMILES string of the molecule is CN(C)CC(C(=O)NC(Cc1ccccc1)C(=O)NC1CC1)c1ccccc1. The summed E-state index contributed by atoms with van der Waals surface area (Å²) in [6.07, 6.45) is 2.52. The predicted octanol–water partition coefficient (Wildman–Crippen LogP) is 2.34. The predicted molar refractivity (Wildman–Crippen MR) is 111 cm³/mol. The Balaban J connectivity index is 1.76. The van der Waals surface area contributed by atoms with Crippen molar-refractivity contribution in [3.8, 4) is 0 Å². The number of hydrogen-bond donors (Lipinski definition) is 2. The summed E-state index contributed by atoms with van der Waals surface area (Å²) in [6.45, 7) is 0.581. The van der Waals surface area contributed by atoms with Crippen LogP contribution in [0.2, 0.25) is 0 Å². The lowest BCUT2D eigenvalue weighted by Gasteiger charge is -2.25. The average molecular weight is 380 g/mol. The molecule has 2 atom stereocenters. The molecule has 0 radical (unpaired) electrons. The largest absolute Gasteiger partial charge is 0.352 e. The Morgan fingerprint density at radius 1 is 0.964 bits per heavy atom. The Morgan fingerprint density at radius 2 is 1.57 bits per heavy atom. The monoisotopic (exact) mass is 379 g/mol. The van der Waals surface area contributed by atoms with Gasteiger partial charge in [0.2, 0.25) is 11.8 Å². The molecule has 1 fully saturated rings. The second kappa shape index (κ2) is 9.51. The third-order valence-corrected chi connectivity index (χ3v) is 4.91. The second-order valence-electron chi connectivity index (χ2n) is 7.76. The average Bonchev–Trinajstić information content (AvgIpc) is 3.51. The molecule has 0 spiro atoms. The molecule has 3 rings (SSSR count). The van der Waals surface area contributed by atoms with Gasteiger partial charge in [0.25, 0.3) is 0 Å². The van der Waals surface area contributed by atoms with Crippen LogP contribution in [0.4, 0.5) is 0 Å². The molecule has 0 aliphatic heterocycles. The molecular weight excluding hydrogens is 350 g/mol. The highest BCUT2D eigenvalue weighted by Gasteiger charge is 2.30. The first-order valence-electron chi connectivity index (χ1n) is 9.87. The Hall–Kier alpha value is -2.66. The zero-order valence-electron chi connectivity index (χ0n) is 16.6. The number of hydrogen-bond acceptors (Lipinski definition) is 3. The summed E-state index contributed by atoms with van der Waals surface area (Å²) < 4.78 is 0. The number of benzene rings is 2. The van der Waals surface area contributed by atoms with Crippen LogP contribution < -0.4 is 10.6 Å². The maximum absolute atomic E-state index is 13.2. The number of likely N-dealkylation sites (N-methyl/N-ethyl adjacent to an activating group) is 1. The minimum Gasteiger partial charge on any atom is -0.352 e. The topological polar surface area (TPSA) is 61.4 Å². The Labute approximate surface area is 167 Å². The minimum atomic E-state index is -0.580. The molecule has 0 bridgehead atoms. The number of carbonyl (C=O) groups excluding carboxylic acids is 2. The Morgan fingerprint density at radius 3 is 2.14 bits per heavy atom. The van der Waals surface area contributed by atoms with E-state index in [9.17, 15) is 9.59 Å². The van der Waals surface area contributed by atoms with Crippen LogP contribution in [0.3, 0.4) is 0 Å². The molecule has 2 aromatic carbocycles. The zero-order chi connectivity index (χ0) is 19.9. The van der Waals surface area contributed by atoms with Crippen LogP contribution in [-0.2, 0) is 16.0 Å². The van der Waals surface area contributed by atoms with Gasteiger partial charge in [0.1, 0.15) is 6.04 Å². The summed E-state index contributed by atoms with van der Waals surface area (Å²) in [4.78, 5) is 27.9. The lowest BCUT2D eigenvalue weighted by atomic mass is 9.96. The highest BCUT2D eigenvalue weighted by molar-refractivity contribution is 5.91. The number of carbonyl (C=O) groups is 2. The molecular formula is C23H29N3O2. The normalized spacial score (nSPS) is 15.7. The smallest absolute Gasteiger partial charge is 0.243 e. The van der Waals surface area contributed by atoms with Crippen LogP contribution in [0.5, 0.6) is 0 Å². The first-order valence-corrected chi connectivity index (χ1v) is 9.87. The van der Waals surface area contributed by atoms with Gasteiger partial charge in [-0.3, -0.25) is 9.59 Å². The standard InChI is InChI=1S/C23H29N3O2/c1-26(2)16-20(18-11-7-4-8-12-18)22(27)25-21(23(28)24-19-13-14-19)15-17-9-5-3-6-10-17/h3-12,19-21H,13-16H2,1-2H3,(H,24,28)(H,25,27). The van der Waals surface area contributed by atoms with Gasteiger partial charge in [-0.1, -0.05) is 60.7 Å². The van der Waals surface area contributed by atoms with E-state index in [2.05, 4.69) is 10.6 Å². The van der Waals surface area contributed by atoms with E-state index in [1.165, 1.54) is 0 Å². The van der Waals surface area contributed by atoms with E-state index in [4.69, 9.17) is 0 Å². The van der Waals surface area contributed by atoms with Gasteiger partial charge >= 0.3 is 0 Å². The van der Waals surface area contributed by atoms with Crippen molar-refractivity contribution in [3.05, 3.63) is 71.8 Å². The van der Waals surface area contributed by atoms with Gasteiger partial charge in [-0.15, -0.1) is 0 Å². The highest BCUT2D eigenvalue weighted by atomic mass is 16.2. The Bertz CT molecular complexity index is 773. The van der Waals surface area contributed by atoms with Crippen molar-refractivity contribution >= 4 is 11.8 Å². The summed E-state index contributed by atoms with van der Waals surface area (Å²) in [7, 11) is 3.90. The van der Waals surface area contributed by atoms with Crippen LogP contribution in [0, 0.1) is 0 Å². The highest BCUT2D eigenvalue weighted by Crippen LogP contribution is 2.20. The quantitative estimate of drug-likeness (QED) is 0.703. The van der Waals surface area contributed by atoms with Gasteiger partial charge in [-0.25, -0.2) is 0 Å². The van der Waals surface area contributed by atoms with Crippen LogP contribution in [-0.4, -0.2) is 49.4 Å². The van der Waals surface area contributed by atoms with Gasteiger partial charge in [0.15, 0.2) is 0 Å². The van der Waals surface area contributed by atoms with E-state index in [0.29, 0.717) is 13.0 Å². The van der Waals surface area contributed by atoms with E-state index < -0.39 is 6.04 Å².